The van der Waals surface area contributed by atoms with E-state index in [1.165, 1.54) is 12.1 Å². The second-order valence-corrected chi connectivity index (χ2v) is 6.80. The van der Waals surface area contributed by atoms with Crippen molar-refractivity contribution in [3.05, 3.63) is 30.1 Å². The van der Waals surface area contributed by atoms with Gasteiger partial charge in [-0.3, -0.25) is 4.90 Å². The molecule has 1 saturated heterocycles. The van der Waals surface area contributed by atoms with Crippen LogP contribution >= 0.6 is 0 Å². The number of likely N-dealkylation sites (tertiary alicyclic amines) is 1. The zero-order valence-electron chi connectivity index (χ0n) is 12.6. The Bertz CT molecular complexity index is 479. The minimum absolute atomic E-state index is 0.109. The van der Waals surface area contributed by atoms with Gasteiger partial charge in [0.15, 0.2) is 0 Å². The molecule has 0 unspecified atom stereocenters. The molecule has 1 aliphatic carbocycles. The molecular formula is C17H24FNO2. The van der Waals surface area contributed by atoms with Crippen molar-refractivity contribution in [3.8, 4) is 5.75 Å². The Morgan fingerprint density at radius 3 is 2.71 bits per heavy atom. The topological polar surface area (TPSA) is 32.7 Å². The summed E-state index contributed by atoms with van der Waals surface area (Å²) >= 11 is 0. The van der Waals surface area contributed by atoms with E-state index in [0.717, 1.165) is 51.2 Å². The number of benzene rings is 1. The lowest BCUT2D eigenvalue weighted by Crippen LogP contribution is -2.58. The average molecular weight is 293 g/mol. The van der Waals surface area contributed by atoms with E-state index < -0.39 is 5.60 Å². The predicted molar refractivity (Wildman–Crippen MR) is 79.8 cm³/mol. The fraction of sp³-hybridized carbons (Fsp3) is 0.647. The molecule has 0 aromatic heterocycles. The van der Waals surface area contributed by atoms with Crippen LogP contribution in [0.3, 0.4) is 0 Å². The zero-order valence-corrected chi connectivity index (χ0v) is 12.6. The van der Waals surface area contributed by atoms with Crippen molar-refractivity contribution >= 4 is 0 Å². The summed E-state index contributed by atoms with van der Waals surface area (Å²) in [6.45, 7) is 4.62. The molecule has 1 saturated carbocycles. The summed E-state index contributed by atoms with van der Waals surface area (Å²) in [4.78, 5) is 2.24. The van der Waals surface area contributed by atoms with Crippen LogP contribution in [-0.2, 0) is 0 Å². The molecule has 0 spiro atoms. The van der Waals surface area contributed by atoms with E-state index in [1.54, 1.807) is 12.1 Å². The summed E-state index contributed by atoms with van der Waals surface area (Å²) in [5.74, 6) is 1.06. The van der Waals surface area contributed by atoms with Crippen LogP contribution in [0.2, 0.25) is 0 Å². The molecule has 0 bridgehead atoms. The third-order valence-corrected chi connectivity index (χ3v) is 4.75. The fourth-order valence-electron chi connectivity index (χ4n) is 3.33. The summed E-state index contributed by atoms with van der Waals surface area (Å²) in [6.07, 6.45) is 4.15. The van der Waals surface area contributed by atoms with Gasteiger partial charge in [0.2, 0.25) is 0 Å². The summed E-state index contributed by atoms with van der Waals surface area (Å²) in [5, 5.41) is 10.6. The monoisotopic (exact) mass is 293 g/mol. The first-order valence-corrected chi connectivity index (χ1v) is 7.89. The normalized spacial score (nSPS) is 30.9. The van der Waals surface area contributed by atoms with Crippen LogP contribution in [0.1, 0.15) is 32.6 Å². The molecule has 0 amide bonds. The van der Waals surface area contributed by atoms with E-state index in [-0.39, 0.29) is 11.9 Å². The predicted octanol–water partition coefficient (Wildman–Crippen LogP) is 2.83. The number of hydrogen-bond acceptors (Lipinski definition) is 3. The lowest BCUT2D eigenvalue weighted by Gasteiger charge is -2.45. The molecule has 2 aliphatic rings. The second-order valence-electron chi connectivity index (χ2n) is 6.80. The molecular weight excluding hydrogens is 269 g/mol. The Morgan fingerprint density at radius 2 is 2.05 bits per heavy atom. The van der Waals surface area contributed by atoms with E-state index in [9.17, 15) is 9.50 Å². The Balaban J connectivity index is 1.43. The highest BCUT2D eigenvalue weighted by molar-refractivity contribution is 5.23. The number of hydrogen-bond donors (Lipinski definition) is 1. The molecule has 1 heterocycles. The number of rotatable bonds is 4. The molecule has 1 aliphatic heterocycles. The number of ether oxygens (including phenoxy) is 1. The lowest BCUT2D eigenvalue weighted by atomic mass is 9.79. The maximum absolute atomic E-state index is 13.1. The standard InChI is InChI=1S/C17H24FNO2/c1-13-5-7-17(20,8-6-13)12-19-10-16(11-19)21-15-4-2-3-14(18)9-15/h2-4,9,13,16,20H,5-8,10-12H2,1H3. The quantitative estimate of drug-likeness (QED) is 0.926. The van der Waals surface area contributed by atoms with Crippen LogP contribution in [0.4, 0.5) is 4.39 Å². The first-order chi connectivity index (χ1) is 10.0. The summed E-state index contributed by atoms with van der Waals surface area (Å²) in [6, 6.07) is 6.27. The van der Waals surface area contributed by atoms with Gasteiger partial charge in [0.25, 0.3) is 0 Å². The average Bonchev–Trinajstić information content (AvgIpc) is 2.40. The second kappa shape index (κ2) is 5.93. The van der Waals surface area contributed by atoms with E-state index in [0.29, 0.717) is 5.75 Å². The first kappa shape index (κ1) is 14.8. The molecule has 0 radical (unpaired) electrons. The van der Waals surface area contributed by atoms with Gasteiger partial charge in [0, 0.05) is 25.7 Å². The van der Waals surface area contributed by atoms with Gasteiger partial charge in [-0.05, 0) is 43.7 Å². The van der Waals surface area contributed by atoms with E-state index in [2.05, 4.69) is 11.8 Å². The van der Waals surface area contributed by atoms with Gasteiger partial charge >= 0.3 is 0 Å². The molecule has 21 heavy (non-hydrogen) atoms. The van der Waals surface area contributed by atoms with Gasteiger partial charge in [-0.1, -0.05) is 13.0 Å². The van der Waals surface area contributed by atoms with Crippen molar-refractivity contribution in [3.63, 3.8) is 0 Å². The SMILES string of the molecule is CC1CCC(O)(CN2CC(Oc3cccc(F)c3)C2)CC1. The van der Waals surface area contributed by atoms with Crippen molar-refractivity contribution in [2.24, 2.45) is 5.92 Å². The van der Waals surface area contributed by atoms with Gasteiger partial charge in [0.1, 0.15) is 17.7 Å². The Labute approximate surface area is 125 Å². The van der Waals surface area contributed by atoms with E-state index >= 15 is 0 Å². The van der Waals surface area contributed by atoms with Gasteiger partial charge in [-0.25, -0.2) is 4.39 Å². The molecule has 3 nitrogen and oxygen atoms in total. The van der Waals surface area contributed by atoms with Crippen LogP contribution in [0.15, 0.2) is 24.3 Å². The van der Waals surface area contributed by atoms with Crippen molar-refractivity contribution < 1.29 is 14.2 Å². The van der Waals surface area contributed by atoms with Crippen molar-refractivity contribution in [1.29, 1.82) is 0 Å². The number of β-amino-alcohol motifs (C(OH)–C–C–N with tert-alkyl or cyclic N) is 1. The number of halogens is 1. The minimum Gasteiger partial charge on any atom is -0.488 e. The third-order valence-electron chi connectivity index (χ3n) is 4.75. The van der Waals surface area contributed by atoms with Crippen molar-refractivity contribution in [2.75, 3.05) is 19.6 Å². The molecule has 116 valence electrons. The van der Waals surface area contributed by atoms with Crippen LogP contribution < -0.4 is 4.74 Å². The molecule has 1 aromatic carbocycles. The number of aliphatic hydroxyl groups is 1. The van der Waals surface area contributed by atoms with Crippen LogP contribution in [0.5, 0.6) is 5.75 Å². The molecule has 4 heteroatoms. The van der Waals surface area contributed by atoms with E-state index in [4.69, 9.17) is 4.74 Å². The van der Waals surface area contributed by atoms with E-state index in [1.807, 2.05) is 0 Å². The summed E-state index contributed by atoms with van der Waals surface area (Å²) in [7, 11) is 0. The molecule has 0 atom stereocenters. The molecule has 3 rings (SSSR count). The van der Waals surface area contributed by atoms with Crippen molar-refractivity contribution in [1.82, 2.24) is 4.90 Å². The van der Waals surface area contributed by atoms with Crippen LogP contribution in [0, 0.1) is 11.7 Å². The van der Waals surface area contributed by atoms with Crippen LogP contribution in [0.25, 0.3) is 0 Å². The minimum atomic E-state index is -0.518. The number of nitrogens with zero attached hydrogens (tertiary/aromatic N) is 1. The molecule has 2 fully saturated rings. The Kier molecular flexibility index (Phi) is 4.18. The van der Waals surface area contributed by atoms with Crippen LogP contribution in [-0.4, -0.2) is 41.3 Å². The highest BCUT2D eigenvalue weighted by Crippen LogP contribution is 2.33. The van der Waals surface area contributed by atoms with Gasteiger partial charge in [0.05, 0.1) is 5.60 Å². The Hall–Kier alpha value is -1.13. The van der Waals surface area contributed by atoms with Gasteiger partial charge in [-0.2, -0.15) is 0 Å². The van der Waals surface area contributed by atoms with Gasteiger partial charge < -0.3 is 9.84 Å². The molecule has 1 aromatic rings. The smallest absolute Gasteiger partial charge is 0.126 e. The maximum atomic E-state index is 13.1. The Morgan fingerprint density at radius 1 is 1.33 bits per heavy atom. The summed E-state index contributed by atoms with van der Waals surface area (Å²) in [5.41, 5.74) is -0.518. The highest BCUT2D eigenvalue weighted by Gasteiger charge is 2.38. The fourth-order valence-corrected chi connectivity index (χ4v) is 3.33. The summed E-state index contributed by atoms with van der Waals surface area (Å²) < 4.78 is 18.8. The largest absolute Gasteiger partial charge is 0.488 e. The first-order valence-electron chi connectivity index (χ1n) is 7.89. The zero-order chi connectivity index (χ0) is 14.9. The van der Waals surface area contributed by atoms with Crippen molar-refractivity contribution in [2.45, 2.75) is 44.3 Å². The van der Waals surface area contributed by atoms with Gasteiger partial charge in [-0.15, -0.1) is 0 Å². The lowest BCUT2D eigenvalue weighted by molar-refractivity contribution is -0.0738. The maximum Gasteiger partial charge on any atom is 0.126 e. The third kappa shape index (κ3) is 3.74. The molecule has 1 N–H and O–H groups in total. The highest BCUT2D eigenvalue weighted by atomic mass is 19.1.